The Labute approximate surface area is 185 Å². The molecule has 4 aromatic rings. The van der Waals surface area contributed by atoms with E-state index in [0.29, 0.717) is 24.0 Å². The number of nitrogens with one attached hydrogen (secondary N) is 2. The van der Waals surface area contributed by atoms with Gasteiger partial charge in [0, 0.05) is 5.92 Å². The molecule has 0 aliphatic rings. The zero-order chi connectivity index (χ0) is 22.3. The van der Waals surface area contributed by atoms with E-state index < -0.39 is 11.9 Å². The molecule has 1 unspecified atom stereocenters. The highest BCUT2D eigenvalue weighted by molar-refractivity contribution is 5.95. The van der Waals surface area contributed by atoms with Crippen molar-refractivity contribution in [2.75, 3.05) is 0 Å². The molecule has 1 amide bonds. The van der Waals surface area contributed by atoms with Crippen LogP contribution in [0.2, 0.25) is 0 Å². The summed E-state index contributed by atoms with van der Waals surface area (Å²) < 4.78 is 5.92. The fraction of sp³-hybridized carbons (Fsp3) is 0.217. The van der Waals surface area contributed by atoms with Crippen molar-refractivity contribution in [3.05, 3.63) is 95.3 Å². The maximum atomic E-state index is 13.4. The molecule has 0 saturated carbocycles. The number of rotatable bonds is 8. The molecule has 0 fully saturated rings. The first-order valence-corrected chi connectivity index (χ1v) is 10.2. The van der Waals surface area contributed by atoms with E-state index in [2.05, 4.69) is 35.9 Å². The molecular formula is C23H23N7O2. The van der Waals surface area contributed by atoms with E-state index in [1.54, 1.807) is 6.20 Å². The van der Waals surface area contributed by atoms with Gasteiger partial charge in [-0.05, 0) is 11.1 Å². The second kappa shape index (κ2) is 9.78. The van der Waals surface area contributed by atoms with Crippen molar-refractivity contribution in [3.63, 3.8) is 0 Å². The highest BCUT2D eigenvalue weighted by Gasteiger charge is 2.25. The number of amides is 1. The molecule has 0 bridgehead atoms. The van der Waals surface area contributed by atoms with Gasteiger partial charge in [-0.15, -0.1) is 10.2 Å². The Morgan fingerprint density at radius 1 is 1.03 bits per heavy atom. The van der Waals surface area contributed by atoms with E-state index in [0.717, 1.165) is 11.1 Å². The summed E-state index contributed by atoms with van der Waals surface area (Å²) in [6.45, 7) is 4.22. The third-order valence-corrected chi connectivity index (χ3v) is 4.77. The lowest BCUT2D eigenvalue weighted by Gasteiger charge is -2.17. The van der Waals surface area contributed by atoms with Crippen LogP contribution >= 0.6 is 0 Å². The normalized spacial score (nSPS) is 11.8. The number of hydrogen-bond donors (Lipinski definition) is 2. The van der Waals surface area contributed by atoms with Crippen molar-refractivity contribution in [1.82, 2.24) is 35.9 Å². The molecule has 2 heterocycles. The zero-order valence-electron chi connectivity index (χ0n) is 17.8. The third-order valence-electron chi connectivity index (χ3n) is 4.77. The average molecular weight is 429 g/mol. The third kappa shape index (κ3) is 4.94. The van der Waals surface area contributed by atoms with Crippen molar-refractivity contribution < 1.29 is 9.53 Å². The number of H-pyrrole nitrogens is 1. The number of tetrazole rings is 1. The van der Waals surface area contributed by atoms with Crippen LogP contribution in [0, 0.1) is 0 Å². The second-order valence-corrected chi connectivity index (χ2v) is 7.46. The smallest absolute Gasteiger partial charge is 0.274 e. The van der Waals surface area contributed by atoms with Gasteiger partial charge >= 0.3 is 0 Å². The molecule has 162 valence electrons. The van der Waals surface area contributed by atoms with Gasteiger partial charge in [0.2, 0.25) is 5.82 Å². The first kappa shape index (κ1) is 21.1. The molecular weight excluding hydrogens is 406 g/mol. The number of aromatic nitrogens is 6. The Morgan fingerprint density at radius 2 is 1.75 bits per heavy atom. The average Bonchev–Trinajstić information content (AvgIpc) is 3.37. The van der Waals surface area contributed by atoms with Crippen LogP contribution in [0.5, 0.6) is 5.75 Å². The zero-order valence-corrected chi connectivity index (χ0v) is 17.8. The van der Waals surface area contributed by atoms with Crippen LogP contribution in [0.4, 0.5) is 0 Å². The van der Waals surface area contributed by atoms with E-state index in [-0.39, 0.29) is 11.6 Å². The summed E-state index contributed by atoms with van der Waals surface area (Å²) in [4.78, 5) is 22.2. The van der Waals surface area contributed by atoms with Crippen LogP contribution in [0.25, 0.3) is 0 Å². The molecule has 1 atom stereocenters. The number of carbonyl (C=O) groups is 1. The lowest BCUT2D eigenvalue weighted by Crippen LogP contribution is -2.31. The predicted molar refractivity (Wildman–Crippen MR) is 117 cm³/mol. The summed E-state index contributed by atoms with van der Waals surface area (Å²) in [6.07, 6.45) is 1.55. The largest absolute Gasteiger partial charge is 0.485 e. The summed E-state index contributed by atoms with van der Waals surface area (Å²) in [5.41, 5.74) is 1.94. The molecule has 0 radical (unpaired) electrons. The molecule has 9 nitrogen and oxygen atoms in total. The molecule has 2 aromatic heterocycles. The fourth-order valence-electron chi connectivity index (χ4n) is 3.10. The number of hydrogen-bond acceptors (Lipinski definition) is 7. The summed E-state index contributed by atoms with van der Waals surface area (Å²) >= 11 is 0. The SMILES string of the molecule is CC(C)c1ncc(OCc2ccccc2)c(C(=O)NC(c2ccccc2)c2nn[nH]n2)n1. The topological polar surface area (TPSA) is 119 Å². The van der Waals surface area contributed by atoms with Crippen LogP contribution in [0.3, 0.4) is 0 Å². The number of ether oxygens (including phenoxy) is 1. The Morgan fingerprint density at radius 3 is 2.41 bits per heavy atom. The van der Waals surface area contributed by atoms with Crippen molar-refractivity contribution in [3.8, 4) is 5.75 Å². The van der Waals surface area contributed by atoms with Gasteiger partial charge in [0.05, 0.1) is 6.20 Å². The molecule has 4 rings (SSSR count). The summed E-state index contributed by atoms with van der Waals surface area (Å²) in [6, 6.07) is 18.5. The Balaban J connectivity index is 1.63. The summed E-state index contributed by atoms with van der Waals surface area (Å²) in [7, 11) is 0. The van der Waals surface area contributed by atoms with Crippen LogP contribution in [0.1, 0.15) is 59.1 Å². The lowest BCUT2D eigenvalue weighted by atomic mass is 10.1. The lowest BCUT2D eigenvalue weighted by molar-refractivity contribution is 0.0930. The minimum atomic E-state index is -0.609. The van der Waals surface area contributed by atoms with Gasteiger partial charge in [-0.1, -0.05) is 79.7 Å². The van der Waals surface area contributed by atoms with Gasteiger partial charge in [-0.3, -0.25) is 4.79 Å². The monoisotopic (exact) mass is 429 g/mol. The first-order valence-electron chi connectivity index (χ1n) is 10.2. The fourth-order valence-corrected chi connectivity index (χ4v) is 3.10. The molecule has 2 N–H and O–H groups in total. The van der Waals surface area contributed by atoms with Crippen LogP contribution in [-0.2, 0) is 6.61 Å². The number of benzene rings is 2. The molecule has 2 aromatic carbocycles. The Hall–Kier alpha value is -4.14. The van der Waals surface area contributed by atoms with Crippen LogP contribution in [-0.4, -0.2) is 36.5 Å². The van der Waals surface area contributed by atoms with E-state index in [9.17, 15) is 4.79 Å². The second-order valence-electron chi connectivity index (χ2n) is 7.46. The van der Waals surface area contributed by atoms with Crippen molar-refractivity contribution in [2.45, 2.75) is 32.4 Å². The van der Waals surface area contributed by atoms with Crippen molar-refractivity contribution in [2.24, 2.45) is 0 Å². The Bertz CT molecular complexity index is 1150. The number of aromatic amines is 1. The van der Waals surface area contributed by atoms with Gasteiger partial charge in [0.1, 0.15) is 18.5 Å². The molecule has 0 aliphatic carbocycles. The van der Waals surface area contributed by atoms with Gasteiger partial charge in [0.15, 0.2) is 11.4 Å². The van der Waals surface area contributed by atoms with Gasteiger partial charge in [0.25, 0.3) is 5.91 Å². The number of nitrogens with zero attached hydrogens (tertiary/aromatic N) is 5. The van der Waals surface area contributed by atoms with Gasteiger partial charge in [-0.2, -0.15) is 5.21 Å². The minimum absolute atomic E-state index is 0.0480. The summed E-state index contributed by atoms with van der Waals surface area (Å²) in [5.74, 6) is 0.825. The van der Waals surface area contributed by atoms with Crippen LogP contribution < -0.4 is 10.1 Å². The molecule has 9 heteroatoms. The molecule has 0 aliphatic heterocycles. The summed E-state index contributed by atoms with van der Waals surface area (Å²) in [5, 5.41) is 17.1. The van der Waals surface area contributed by atoms with Crippen molar-refractivity contribution in [1.29, 1.82) is 0 Å². The van der Waals surface area contributed by atoms with Gasteiger partial charge in [-0.25, -0.2) is 9.97 Å². The predicted octanol–water partition coefficient (Wildman–Crippen LogP) is 3.21. The number of carbonyl (C=O) groups excluding carboxylic acids is 1. The maximum Gasteiger partial charge on any atom is 0.274 e. The van der Waals surface area contributed by atoms with E-state index in [4.69, 9.17) is 4.74 Å². The maximum absolute atomic E-state index is 13.4. The van der Waals surface area contributed by atoms with E-state index in [1.807, 2.05) is 74.5 Å². The molecule has 32 heavy (non-hydrogen) atoms. The Kier molecular flexibility index (Phi) is 6.45. The highest BCUT2D eigenvalue weighted by atomic mass is 16.5. The first-order chi connectivity index (χ1) is 15.6. The molecule has 0 saturated heterocycles. The van der Waals surface area contributed by atoms with Crippen LogP contribution in [0.15, 0.2) is 66.9 Å². The minimum Gasteiger partial charge on any atom is -0.485 e. The van der Waals surface area contributed by atoms with E-state index in [1.165, 1.54) is 0 Å². The van der Waals surface area contributed by atoms with E-state index >= 15 is 0 Å². The van der Waals surface area contributed by atoms with Crippen molar-refractivity contribution >= 4 is 5.91 Å². The quantitative estimate of drug-likeness (QED) is 0.441. The standard InChI is InChI=1S/C23H23N7O2/c1-15(2)21-24-13-18(32-14-16-9-5-3-6-10-16)20(25-21)23(31)26-19(22-27-29-30-28-22)17-11-7-4-8-12-17/h3-13,15,19H,14H2,1-2H3,(H,26,31)(H,27,28,29,30). The molecule has 0 spiro atoms. The van der Waals surface area contributed by atoms with Gasteiger partial charge < -0.3 is 10.1 Å². The highest BCUT2D eigenvalue weighted by Crippen LogP contribution is 2.23.